The van der Waals surface area contributed by atoms with Crippen LogP contribution in [0.4, 0.5) is 11.5 Å². The minimum absolute atomic E-state index is 0.204. The van der Waals surface area contributed by atoms with Gasteiger partial charge in [0, 0.05) is 11.5 Å². The minimum atomic E-state index is 0.204. The number of benzene rings is 1. The summed E-state index contributed by atoms with van der Waals surface area (Å²) in [4.78, 5) is 8.69. The summed E-state index contributed by atoms with van der Waals surface area (Å²) in [6.45, 7) is 0.204. The van der Waals surface area contributed by atoms with Crippen LogP contribution in [0, 0.1) is 0 Å². The Labute approximate surface area is 125 Å². The van der Waals surface area contributed by atoms with Crippen LogP contribution in [0.3, 0.4) is 0 Å². The summed E-state index contributed by atoms with van der Waals surface area (Å²) in [6, 6.07) is 11.4. The molecule has 6 heteroatoms. The van der Waals surface area contributed by atoms with Gasteiger partial charge in [0.2, 0.25) is 6.79 Å². The zero-order valence-corrected chi connectivity index (χ0v) is 11.6. The third-order valence-electron chi connectivity index (χ3n) is 3.17. The van der Waals surface area contributed by atoms with E-state index in [-0.39, 0.29) is 6.79 Å². The van der Waals surface area contributed by atoms with Crippen LogP contribution in [0.1, 0.15) is 0 Å². The van der Waals surface area contributed by atoms with Gasteiger partial charge in [0.25, 0.3) is 5.88 Å². The molecule has 1 aromatic carbocycles. The van der Waals surface area contributed by atoms with E-state index >= 15 is 0 Å². The van der Waals surface area contributed by atoms with Crippen molar-refractivity contribution < 1.29 is 9.47 Å². The van der Waals surface area contributed by atoms with Crippen molar-refractivity contribution in [2.45, 2.75) is 0 Å². The number of nitrogens with one attached hydrogen (secondary N) is 1. The van der Waals surface area contributed by atoms with Gasteiger partial charge in [0.15, 0.2) is 5.75 Å². The molecule has 0 aliphatic carbocycles. The number of halogens is 1. The van der Waals surface area contributed by atoms with Gasteiger partial charge in [-0.15, -0.1) is 0 Å². The number of hydrogen-bond donors (Lipinski definition) is 1. The maximum Gasteiger partial charge on any atom is 0.260 e. The molecule has 0 bridgehead atoms. The lowest BCUT2D eigenvalue weighted by molar-refractivity contribution is 0.171. The number of para-hydroxylation sites is 1. The first-order chi connectivity index (χ1) is 10.3. The number of anilines is 2. The van der Waals surface area contributed by atoms with Gasteiger partial charge in [-0.1, -0.05) is 23.7 Å². The predicted molar refractivity (Wildman–Crippen MR) is 80.4 cm³/mol. The molecule has 0 unspecified atom stereocenters. The molecule has 1 N–H and O–H groups in total. The van der Waals surface area contributed by atoms with Crippen molar-refractivity contribution in [3.05, 3.63) is 47.6 Å². The standard InChI is InChI=1S/C15H10ClN3O2/c16-11-3-1-2-9-4-5-13(19-14(9)11)18-10-6-12-15(17-7-10)21-8-20-12/h1-7H,8H2,(H,18,19). The third-order valence-corrected chi connectivity index (χ3v) is 3.48. The number of hydrogen-bond acceptors (Lipinski definition) is 5. The van der Waals surface area contributed by atoms with Gasteiger partial charge in [0.05, 0.1) is 22.4 Å². The van der Waals surface area contributed by atoms with Crippen LogP contribution in [-0.4, -0.2) is 16.8 Å². The lowest BCUT2D eigenvalue weighted by Crippen LogP contribution is -1.95. The van der Waals surface area contributed by atoms with Gasteiger partial charge in [-0.05, 0) is 18.2 Å². The Morgan fingerprint density at radius 1 is 1.14 bits per heavy atom. The molecule has 0 atom stereocenters. The zero-order chi connectivity index (χ0) is 14.2. The Morgan fingerprint density at radius 2 is 2.10 bits per heavy atom. The molecule has 3 aromatic rings. The van der Waals surface area contributed by atoms with Crippen LogP contribution in [0.2, 0.25) is 5.02 Å². The topological polar surface area (TPSA) is 56.3 Å². The van der Waals surface area contributed by atoms with E-state index in [2.05, 4.69) is 15.3 Å². The molecule has 0 saturated carbocycles. The third kappa shape index (κ3) is 2.21. The van der Waals surface area contributed by atoms with Gasteiger partial charge >= 0.3 is 0 Å². The zero-order valence-electron chi connectivity index (χ0n) is 10.8. The Balaban J connectivity index is 1.69. The Morgan fingerprint density at radius 3 is 3.05 bits per heavy atom. The fourth-order valence-corrected chi connectivity index (χ4v) is 2.41. The molecule has 2 aromatic heterocycles. The van der Waals surface area contributed by atoms with E-state index in [1.165, 1.54) is 0 Å². The number of fused-ring (bicyclic) bond motifs is 2. The summed E-state index contributed by atoms with van der Waals surface area (Å²) >= 11 is 6.17. The maximum atomic E-state index is 6.17. The van der Waals surface area contributed by atoms with Crippen LogP contribution in [0.15, 0.2) is 42.6 Å². The molecule has 21 heavy (non-hydrogen) atoms. The average molecular weight is 300 g/mol. The van der Waals surface area contributed by atoms with Crippen LogP contribution in [-0.2, 0) is 0 Å². The van der Waals surface area contributed by atoms with Gasteiger partial charge in [-0.2, -0.15) is 0 Å². The summed E-state index contributed by atoms with van der Waals surface area (Å²) < 4.78 is 10.5. The van der Waals surface area contributed by atoms with Crippen molar-refractivity contribution in [2.75, 3.05) is 12.1 Å². The number of ether oxygens (including phenoxy) is 2. The first-order valence-corrected chi connectivity index (χ1v) is 6.75. The van der Waals surface area contributed by atoms with Gasteiger partial charge in [-0.25, -0.2) is 9.97 Å². The predicted octanol–water partition coefficient (Wildman–Crippen LogP) is 3.76. The van der Waals surface area contributed by atoms with E-state index in [4.69, 9.17) is 21.1 Å². The maximum absolute atomic E-state index is 6.17. The van der Waals surface area contributed by atoms with E-state index in [9.17, 15) is 0 Å². The molecule has 0 fully saturated rings. The summed E-state index contributed by atoms with van der Waals surface area (Å²) in [5.41, 5.74) is 1.54. The van der Waals surface area contributed by atoms with Crippen molar-refractivity contribution >= 4 is 34.0 Å². The van der Waals surface area contributed by atoms with E-state index < -0.39 is 0 Å². The molecular formula is C15H10ClN3O2. The monoisotopic (exact) mass is 299 g/mol. The van der Waals surface area contributed by atoms with Crippen LogP contribution < -0.4 is 14.8 Å². The lowest BCUT2D eigenvalue weighted by Gasteiger charge is -2.07. The minimum Gasteiger partial charge on any atom is -0.452 e. The number of aromatic nitrogens is 2. The highest BCUT2D eigenvalue weighted by Gasteiger charge is 2.15. The molecule has 104 valence electrons. The number of pyridine rings is 2. The first kappa shape index (κ1) is 12.2. The van der Waals surface area contributed by atoms with E-state index in [0.29, 0.717) is 22.5 Å². The van der Waals surface area contributed by atoms with Crippen molar-refractivity contribution in [3.8, 4) is 11.6 Å². The summed E-state index contributed by atoms with van der Waals surface area (Å²) in [6.07, 6.45) is 1.67. The second-order valence-corrected chi connectivity index (χ2v) is 4.97. The van der Waals surface area contributed by atoms with E-state index in [1.807, 2.05) is 36.4 Å². The largest absolute Gasteiger partial charge is 0.452 e. The van der Waals surface area contributed by atoms with Crippen molar-refractivity contribution in [3.63, 3.8) is 0 Å². The fraction of sp³-hybridized carbons (Fsp3) is 0.0667. The lowest BCUT2D eigenvalue weighted by atomic mass is 10.2. The Kier molecular flexibility index (Phi) is 2.79. The summed E-state index contributed by atoms with van der Waals surface area (Å²) in [5, 5.41) is 4.81. The summed E-state index contributed by atoms with van der Waals surface area (Å²) in [7, 11) is 0. The molecule has 0 amide bonds. The SMILES string of the molecule is Clc1cccc2ccc(Nc3cnc4c(c3)OCO4)nc12. The molecule has 1 aliphatic heterocycles. The van der Waals surface area contributed by atoms with E-state index in [1.54, 1.807) is 6.20 Å². The van der Waals surface area contributed by atoms with E-state index in [0.717, 1.165) is 16.6 Å². The fourth-order valence-electron chi connectivity index (χ4n) is 2.19. The highest BCUT2D eigenvalue weighted by atomic mass is 35.5. The van der Waals surface area contributed by atoms with Crippen molar-refractivity contribution in [1.82, 2.24) is 9.97 Å². The molecular weight excluding hydrogens is 290 g/mol. The van der Waals surface area contributed by atoms with Crippen molar-refractivity contribution in [2.24, 2.45) is 0 Å². The highest BCUT2D eigenvalue weighted by molar-refractivity contribution is 6.35. The second-order valence-electron chi connectivity index (χ2n) is 4.57. The quantitative estimate of drug-likeness (QED) is 0.781. The number of nitrogens with zero attached hydrogens (tertiary/aromatic N) is 2. The van der Waals surface area contributed by atoms with Gasteiger partial charge in [0.1, 0.15) is 5.82 Å². The molecule has 1 aliphatic rings. The van der Waals surface area contributed by atoms with Crippen LogP contribution in [0.5, 0.6) is 11.6 Å². The van der Waals surface area contributed by atoms with Crippen LogP contribution in [0.25, 0.3) is 10.9 Å². The highest BCUT2D eigenvalue weighted by Crippen LogP contribution is 2.32. The summed E-state index contributed by atoms with van der Waals surface area (Å²) in [5.74, 6) is 1.82. The average Bonchev–Trinajstić information content (AvgIpc) is 2.96. The second kappa shape index (κ2) is 4.79. The molecule has 0 spiro atoms. The first-order valence-electron chi connectivity index (χ1n) is 6.37. The van der Waals surface area contributed by atoms with Gasteiger partial charge < -0.3 is 14.8 Å². The molecule has 0 radical (unpaired) electrons. The Hall–Kier alpha value is -2.53. The molecule has 3 heterocycles. The Bertz CT molecular complexity index is 838. The molecule has 5 nitrogen and oxygen atoms in total. The normalized spacial score (nSPS) is 12.6. The molecule has 0 saturated heterocycles. The smallest absolute Gasteiger partial charge is 0.260 e. The number of rotatable bonds is 2. The molecule has 4 rings (SSSR count). The van der Waals surface area contributed by atoms with Crippen molar-refractivity contribution in [1.29, 1.82) is 0 Å². The van der Waals surface area contributed by atoms with Gasteiger partial charge in [-0.3, -0.25) is 0 Å². The van der Waals surface area contributed by atoms with Crippen LogP contribution >= 0.6 is 11.6 Å².